The summed E-state index contributed by atoms with van der Waals surface area (Å²) in [5, 5.41) is 9.88. The van der Waals surface area contributed by atoms with Crippen LogP contribution in [0.4, 0.5) is 5.69 Å². The topological polar surface area (TPSA) is 50.5 Å². The van der Waals surface area contributed by atoms with Gasteiger partial charge in [0.1, 0.15) is 16.9 Å². The van der Waals surface area contributed by atoms with Gasteiger partial charge in [0.25, 0.3) is 0 Å². The lowest BCUT2D eigenvalue weighted by Crippen LogP contribution is -2.81. The summed E-state index contributed by atoms with van der Waals surface area (Å²) < 4.78 is 9.23. The van der Waals surface area contributed by atoms with Crippen LogP contribution >= 0.6 is 0 Å². The van der Waals surface area contributed by atoms with Crippen molar-refractivity contribution in [2.75, 3.05) is 0 Å². The summed E-state index contributed by atoms with van der Waals surface area (Å²) in [5.74, 6) is 0. The van der Waals surface area contributed by atoms with Gasteiger partial charge in [-0.15, -0.1) is 0 Å². The molecule has 1 atom stereocenters. The smallest absolute Gasteiger partial charge is 0.198 e. The van der Waals surface area contributed by atoms with E-state index in [1.54, 1.807) is 0 Å². The van der Waals surface area contributed by atoms with Crippen molar-refractivity contribution >= 4 is 82.4 Å². The number of nitrogens with zero attached hydrogens (tertiary/aromatic N) is 1. The normalized spacial score (nSPS) is 15.4. The summed E-state index contributed by atoms with van der Waals surface area (Å²) in [4.78, 5) is 3.63. The van der Waals surface area contributed by atoms with Crippen molar-refractivity contribution in [1.82, 2.24) is 9.55 Å². The number of para-hydroxylation sites is 5. The van der Waals surface area contributed by atoms with Gasteiger partial charge in [-0.05, 0) is 53.6 Å². The summed E-state index contributed by atoms with van der Waals surface area (Å²) in [7, 11) is 0. The minimum Gasteiger partial charge on any atom is -0.455 e. The number of quaternary nitrogens is 1. The van der Waals surface area contributed by atoms with Crippen LogP contribution in [0.1, 0.15) is 22.9 Å². The van der Waals surface area contributed by atoms with E-state index in [1.807, 2.05) is 0 Å². The molecule has 7 aromatic carbocycles. The Morgan fingerprint density at radius 3 is 2.20 bits per heavy atom. The molecule has 2 aliphatic rings. The van der Waals surface area contributed by atoms with Crippen LogP contribution in [0, 0.1) is 0 Å². The Hall–Kier alpha value is -6.36. The van der Waals surface area contributed by atoms with Crippen LogP contribution in [0.15, 0.2) is 150 Å². The molecule has 4 heteroatoms. The third-order valence-electron chi connectivity index (χ3n) is 11.0. The molecule has 10 aromatic rings. The first-order valence-corrected chi connectivity index (χ1v) is 17.0. The predicted octanol–water partition coefficient (Wildman–Crippen LogP) is 10.7. The Balaban J connectivity index is 1.11. The Morgan fingerprint density at radius 2 is 1.24 bits per heavy atom. The van der Waals surface area contributed by atoms with Gasteiger partial charge in [-0.1, -0.05) is 103 Å². The fraction of sp³-hybridized carbons (Fsp3) is 0.0222. The number of H-pyrrole nitrogens is 1. The summed E-state index contributed by atoms with van der Waals surface area (Å²) in [6.07, 6.45) is 0.0653. The van der Waals surface area contributed by atoms with Crippen LogP contribution in [0.5, 0.6) is 0 Å². The van der Waals surface area contributed by atoms with Crippen LogP contribution in [-0.2, 0) is 0 Å². The molecule has 12 rings (SSSR count). The number of aromatic amines is 1. The van der Waals surface area contributed by atoms with Crippen molar-refractivity contribution < 1.29 is 9.73 Å². The van der Waals surface area contributed by atoms with E-state index < -0.39 is 0 Å². The molecule has 0 saturated carbocycles. The van der Waals surface area contributed by atoms with Crippen molar-refractivity contribution in [2.45, 2.75) is 6.17 Å². The molecule has 4 nitrogen and oxygen atoms in total. The molecule has 0 amide bonds. The third-order valence-corrected chi connectivity index (χ3v) is 11.0. The molecule has 3 N–H and O–H groups in total. The minimum absolute atomic E-state index is 0.0653. The van der Waals surface area contributed by atoms with Crippen LogP contribution < -0.4 is 5.32 Å². The van der Waals surface area contributed by atoms with E-state index in [1.165, 1.54) is 82.7 Å². The maximum Gasteiger partial charge on any atom is 0.198 e. The largest absolute Gasteiger partial charge is 0.455 e. The zero-order valence-electron chi connectivity index (χ0n) is 26.4. The third kappa shape index (κ3) is 3.31. The Morgan fingerprint density at radius 1 is 0.531 bits per heavy atom. The number of rotatable bonds is 2. The standard InChI is InChI=1S/C45H27N3O/c1-4-16-36-27(9-1)28-21-19-26(24-38(28)46-36)25-20-22-39-35(23-25)30-12-7-14-33-42-41(32-11-2-5-17-37(32)47-45(42)48(39)43(30)33)34-15-8-13-31-29-10-3-6-18-40(29)49-44(31)34/h1-24,45-47H/p+1. The first-order chi connectivity index (χ1) is 24.3. The number of aromatic nitrogens is 2. The lowest BCUT2D eigenvalue weighted by Gasteiger charge is -2.26. The highest BCUT2D eigenvalue weighted by Gasteiger charge is 2.41. The molecule has 228 valence electrons. The molecule has 49 heavy (non-hydrogen) atoms. The lowest BCUT2D eigenvalue weighted by atomic mass is 9.84. The Kier molecular flexibility index (Phi) is 4.80. The van der Waals surface area contributed by atoms with Crippen molar-refractivity contribution in [1.29, 1.82) is 0 Å². The van der Waals surface area contributed by atoms with Gasteiger partial charge in [-0.25, -0.2) is 0 Å². The van der Waals surface area contributed by atoms with Crippen LogP contribution in [-0.4, -0.2) is 9.55 Å². The number of nitrogens with one attached hydrogen (secondary N) is 1. The van der Waals surface area contributed by atoms with Gasteiger partial charge in [-0.2, -0.15) is 0 Å². The number of hydrogen-bond donors (Lipinski definition) is 2. The quantitative estimate of drug-likeness (QED) is 0.184. The zero-order chi connectivity index (χ0) is 31.8. The van der Waals surface area contributed by atoms with Gasteiger partial charge in [0.2, 0.25) is 0 Å². The van der Waals surface area contributed by atoms with Crippen molar-refractivity contribution in [3.05, 3.63) is 162 Å². The van der Waals surface area contributed by atoms with Crippen molar-refractivity contribution in [3.8, 4) is 11.1 Å². The van der Waals surface area contributed by atoms with E-state index in [-0.39, 0.29) is 6.17 Å². The fourth-order valence-corrected chi connectivity index (χ4v) is 8.97. The fourth-order valence-electron chi connectivity index (χ4n) is 8.97. The second-order valence-electron chi connectivity index (χ2n) is 13.5. The van der Waals surface area contributed by atoms with E-state index in [9.17, 15) is 0 Å². The predicted molar refractivity (Wildman–Crippen MR) is 201 cm³/mol. The van der Waals surface area contributed by atoms with Crippen LogP contribution in [0.25, 0.3) is 87.8 Å². The first-order valence-electron chi connectivity index (χ1n) is 17.0. The molecule has 1 unspecified atom stereocenters. The molecule has 0 aliphatic carbocycles. The second-order valence-corrected chi connectivity index (χ2v) is 13.5. The molecule has 2 aliphatic heterocycles. The van der Waals surface area contributed by atoms with Gasteiger partial charge in [-0.3, -0.25) is 9.88 Å². The maximum absolute atomic E-state index is 6.65. The van der Waals surface area contributed by atoms with E-state index in [0.717, 1.165) is 27.5 Å². The highest BCUT2D eigenvalue weighted by Crippen LogP contribution is 2.52. The monoisotopic (exact) mass is 626 g/mol. The van der Waals surface area contributed by atoms with Crippen molar-refractivity contribution in [2.24, 2.45) is 0 Å². The summed E-state index contributed by atoms with van der Waals surface area (Å²) in [6, 6.07) is 53.1. The Bertz CT molecular complexity index is 3100. The van der Waals surface area contributed by atoms with E-state index in [2.05, 4.69) is 160 Å². The summed E-state index contributed by atoms with van der Waals surface area (Å²) >= 11 is 0. The molecule has 0 spiro atoms. The van der Waals surface area contributed by atoms with Crippen LogP contribution in [0.3, 0.4) is 0 Å². The minimum atomic E-state index is 0.0653. The number of fused-ring (bicyclic) bond motifs is 13. The average Bonchev–Trinajstić information content (AvgIpc) is 3.90. The van der Waals surface area contributed by atoms with Gasteiger partial charge >= 0.3 is 0 Å². The second kappa shape index (κ2) is 9.16. The van der Waals surface area contributed by atoms with Crippen molar-refractivity contribution in [3.63, 3.8) is 0 Å². The summed E-state index contributed by atoms with van der Waals surface area (Å²) in [5.41, 5.74) is 16.8. The number of furan rings is 1. The number of nitrogens with two attached hydrogens (primary N) is 1. The van der Waals surface area contributed by atoms with E-state index in [0.29, 0.717) is 0 Å². The number of benzene rings is 7. The maximum atomic E-state index is 6.65. The SMILES string of the molecule is c1ccc2c(c1)[NH2+]C1C(=C2c2cccc3c2oc2ccccc23)c2cccc3c4cc(-c5ccc6c(c5)[nH]c5ccccc56)ccc4n1c23. The molecule has 0 radical (unpaired) electrons. The Labute approximate surface area is 280 Å². The van der Waals surface area contributed by atoms with Crippen LogP contribution in [0.2, 0.25) is 0 Å². The highest BCUT2D eigenvalue weighted by atomic mass is 16.3. The van der Waals surface area contributed by atoms with Gasteiger partial charge in [0.15, 0.2) is 6.17 Å². The lowest BCUT2D eigenvalue weighted by molar-refractivity contribution is -0.618. The highest BCUT2D eigenvalue weighted by molar-refractivity contribution is 6.20. The number of hydrogen-bond acceptors (Lipinski definition) is 1. The first kappa shape index (κ1) is 25.7. The molecule has 0 saturated heterocycles. The van der Waals surface area contributed by atoms with E-state index >= 15 is 0 Å². The zero-order valence-corrected chi connectivity index (χ0v) is 26.4. The molecule has 0 fully saturated rings. The molecule has 0 bridgehead atoms. The molecular weight excluding hydrogens is 599 g/mol. The molecule has 5 heterocycles. The van der Waals surface area contributed by atoms with Gasteiger partial charge in [0, 0.05) is 65.6 Å². The molecular formula is C45H28N3O+. The van der Waals surface area contributed by atoms with E-state index in [4.69, 9.17) is 4.42 Å². The average molecular weight is 627 g/mol. The van der Waals surface area contributed by atoms with Gasteiger partial charge < -0.3 is 9.40 Å². The summed E-state index contributed by atoms with van der Waals surface area (Å²) in [6.45, 7) is 0. The molecule has 3 aromatic heterocycles. The van der Waals surface area contributed by atoms with Gasteiger partial charge in [0.05, 0.1) is 16.6 Å².